The van der Waals surface area contributed by atoms with Crippen molar-refractivity contribution in [3.05, 3.63) is 82.7 Å². The molecule has 0 unspecified atom stereocenters. The van der Waals surface area contributed by atoms with Crippen molar-refractivity contribution in [1.82, 2.24) is 19.4 Å². The quantitative estimate of drug-likeness (QED) is 0.350. The fourth-order valence-electron chi connectivity index (χ4n) is 6.42. The summed E-state index contributed by atoms with van der Waals surface area (Å²) in [7, 11) is 1.56. The van der Waals surface area contributed by atoms with Gasteiger partial charge in [-0.15, -0.1) is 0 Å². The summed E-state index contributed by atoms with van der Waals surface area (Å²) in [5.41, 5.74) is 2.42. The van der Waals surface area contributed by atoms with Gasteiger partial charge in [0, 0.05) is 31.2 Å². The summed E-state index contributed by atoms with van der Waals surface area (Å²) in [6.45, 7) is 11.7. The number of hydrogen-bond donors (Lipinski definition) is 1. The van der Waals surface area contributed by atoms with Gasteiger partial charge in [-0.05, 0) is 61.7 Å². The molecular formula is C33H33FN6O4. The molecule has 1 aromatic carbocycles. The molecular weight excluding hydrogens is 563 g/mol. The number of pyridine rings is 3. The van der Waals surface area contributed by atoms with E-state index in [0.29, 0.717) is 22.5 Å². The predicted octanol–water partition coefficient (Wildman–Crippen LogP) is 4.29. The van der Waals surface area contributed by atoms with Gasteiger partial charge in [0.05, 0.1) is 34.9 Å². The molecule has 0 saturated carbocycles. The fourth-order valence-corrected chi connectivity index (χ4v) is 6.42. The first-order valence-corrected chi connectivity index (χ1v) is 14.5. The number of rotatable bonds is 4. The molecule has 0 aliphatic carbocycles. The van der Waals surface area contributed by atoms with Crippen molar-refractivity contribution in [2.75, 3.05) is 29.9 Å². The van der Waals surface area contributed by atoms with Gasteiger partial charge in [0.2, 0.25) is 5.91 Å². The number of fused-ring (bicyclic) bond motifs is 5. The number of carbonyl (C=O) groups excluding carboxylic acids is 2. The van der Waals surface area contributed by atoms with Crippen LogP contribution in [0.3, 0.4) is 0 Å². The Bertz CT molecular complexity index is 1920. The summed E-state index contributed by atoms with van der Waals surface area (Å²) in [6.07, 6.45) is 2.92. The second kappa shape index (κ2) is 10.6. The number of aromatic hydroxyl groups is 1. The van der Waals surface area contributed by atoms with E-state index in [4.69, 9.17) is 4.98 Å². The lowest BCUT2D eigenvalue weighted by atomic mass is 9.98. The van der Waals surface area contributed by atoms with E-state index >= 15 is 4.39 Å². The highest BCUT2D eigenvalue weighted by Gasteiger charge is 2.46. The zero-order valence-corrected chi connectivity index (χ0v) is 25.2. The molecule has 11 heteroatoms. The van der Waals surface area contributed by atoms with Crippen LogP contribution in [-0.4, -0.2) is 68.6 Å². The number of phenolic OH excluding ortho intramolecular Hbond substituents is 1. The van der Waals surface area contributed by atoms with Crippen LogP contribution in [0, 0.1) is 12.7 Å². The SMILES string of the molecule is C=CC(=O)N1C[C@@H]2C(=O)N(C)c3c(c4ccc(-c5c(O)cccc5F)nc4n(-c4c(C)ccnc4C(C)C)c3=O)N2C[C@H]1C. The largest absolute Gasteiger partial charge is 0.507 e. The highest BCUT2D eigenvalue weighted by Crippen LogP contribution is 2.43. The number of phenols is 1. The average molecular weight is 597 g/mol. The first-order chi connectivity index (χ1) is 21.0. The second-order valence-electron chi connectivity index (χ2n) is 11.7. The normalized spacial score (nSPS) is 18.1. The smallest absolute Gasteiger partial charge is 0.283 e. The third-order valence-electron chi connectivity index (χ3n) is 8.58. The molecule has 4 aromatic rings. The number of aromatic nitrogens is 3. The molecule has 2 amide bonds. The Kier molecular flexibility index (Phi) is 6.98. The molecule has 0 radical (unpaired) electrons. The van der Waals surface area contributed by atoms with Gasteiger partial charge in [0.1, 0.15) is 28.9 Å². The Labute approximate surface area is 253 Å². The Morgan fingerprint density at radius 1 is 1.11 bits per heavy atom. The van der Waals surface area contributed by atoms with E-state index in [0.717, 1.165) is 5.56 Å². The number of aryl methyl sites for hydroxylation is 1. The summed E-state index contributed by atoms with van der Waals surface area (Å²) in [4.78, 5) is 55.5. The predicted molar refractivity (Wildman–Crippen MR) is 167 cm³/mol. The number of amides is 2. The van der Waals surface area contributed by atoms with Crippen molar-refractivity contribution < 1.29 is 19.1 Å². The number of benzene rings is 1. The number of halogens is 1. The van der Waals surface area contributed by atoms with Crippen LogP contribution in [0.2, 0.25) is 0 Å². The van der Waals surface area contributed by atoms with Gasteiger partial charge in [-0.25, -0.2) is 9.37 Å². The maximum absolute atomic E-state index is 15.1. The van der Waals surface area contributed by atoms with E-state index in [-0.39, 0.29) is 65.2 Å². The minimum absolute atomic E-state index is 0.0678. The van der Waals surface area contributed by atoms with Gasteiger partial charge in [0.15, 0.2) is 0 Å². The molecule has 1 fully saturated rings. The molecule has 2 atom stereocenters. The van der Waals surface area contributed by atoms with Gasteiger partial charge in [0.25, 0.3) is 11.5 Å². The summed E-state index contributed by atoms with van der Waals surface area (Å²) in [5, 5.41) is 11.2. The monoisotopic (exact) mass is 596 g/mol. The van der Waals surface area contributed by atoms with Gasteiger partial charge >= 0.3 is 0 Å². The fraction of sp³-hybridized carbons (Fsp3) is 0.303. The van der Waals surface area contributed by atoms with Crippen LogP contribution in [0.15, 0.2) is 60.0 Å². The van der Waals surface area contributed by atoms with Crippen molar-refractivity contribution in [1.29, 1.82) is 0 Å². The van der Waals surface area contributed by atoms with Crippen LogP contribution in [0.5, 0.6) is 5.75 Å². The van der Waals surface area contributed by atoms with Gasteiger partial charge in [-0.1, -0.05) is 26.5 Å². The number of likely N-dealkylation sites (N-methyl/N-ethyl adjacent to an activating group) is 1. The molecule has 6 rings (SSSR count). The number of nitrogens with zero attached hydrogens (tertiary/aromatic N) is 6. The summed E-state index contributed by atoms with van der Waals surface area (Å²) < 4.78 is 16.5. The molecule has 2 aliphatic rings. The number of hydrogen-bond acceptors (Lipinski definition) is 7. The molecule has 1 N–H and O–H groups in total. The van der Waals surface area contributed by atoms with Gasteiger partial charge in [-0.3, -0.25) is 23.9 Å². The Balaban J connectivity index is 1.73. The van der Waals surface area contributed by atoms with Crippen LogP contribution in [0.4, 0.5) is 15.8 Å². The molecule has 44 heavy (non-hydrogen) atoms. The molecule has 5 heterocycles. The first kappa shape index (κ1) is 29.0. The number of anilines is 2. The van der Waals surface area contributed by atoms with Crippen LogP contribution in [0.25, 0.3) is 28.0 Å². The number of carbonyl (C=O) groups is 2. The first-order valence-electron chi connectivity index (χ1n) is 14.5. The van der Waals surface area contributed by atoms with E-state index in [2.05, 4.69) is 11.6 Å². The topological polar surface area (TPSA) is 112 Å². The molecule has 0 bridgehead atoms. The number of piperazine rings is 1. The summed E-state index contributed by atoms with van der Waals surface area (Å²) >= 11 is 0. The van der Waals surface area contributed by atoms with Crippen LogP contribution < -0.4 is 15.4 Å². The molecule has 1 saturated heterocycles. The highest BCUT2D eigenvalue weighted by molar-refractivity contribution is 6.12. The van der Waals surface area contributed by atoms with E-state index in [1.165, 1.54) is 33.7 Å². The lowest BCUT2D eigenvalue weighted by Gasteiger charge is -2.49. The standard InChI is InChI=1S/C33H33FN6O4/c1-7-25(42)38-16-23-32(43)37(6)30-29(39(23)15-19(38)5)20-11-12-22(26-21(34)9-8-10-24(26)41)36-31(20)40(33(30)44)28-18(4)13-14-35-27(28)17(2)3/h7-14,17,19,23,41H,1,15-16H2,2-6H3/t19-,23-/m1/s1. The molecule has 3 aromatic heterocycles. The summed E-state index contributed by atoms with van der Waals surface area (Å²) in [5.74, 6) is -1.61. The van der Waals surface area contributed by atoms with Gasteiger partial charge < -0.3 is 19.8 Å². The molecule has 0 spiro atoms. The van der Waals surface area contributed by atoms with Crippen LogP contribution in [0.1, 0.15) is 37.9 Å². The maximum Gasteiger partial charge on any atom is 0.283 e. The zero-order valence-electron chi connectivity index (χ0n) is 25.2. The van der Waals surface area contributed by atoms with Crippen molar-refractivity contribution in [2.45, 2.75) is 45.7 Å². The lowest BCUT2D eigenvalue weighted by Crippen LogP contribution is -2.66. The third-order valence-corrected chi connectivity index (χ3v) is 8.58. The van der Waals surface area contributed by atoms with Crippen LogP contribution >= 0.6 is 0 Å². The minimum Gasteiger partial charge on any atom is -0.507 e. The van der Waals surface area contributed by atoms with Crippen molar-refractivity contribution in [3.8, 4) is 22.7 Å². The second-order valence-corrected chi connectivity index (χ2v) is 11.7. The molecule has 2 aliphatic heterocycles. The van der Waals surface area contributed by atoms with E-state index in [9.17, 15) is 19.5 Å². The average Bonchev–Trinajstić information content (AvgIpc) is 2.99. The molecule has 10 nitrogen and oxygen atoms in total. The van der Waals surface area contributed by atoms with E-state index in [1.807, 2.05) is 32.6 Å². The van der Waals surface area contributed by atoms with Crippen molar-refractivity contribution >= 4 is 34.2 Å². The van der Waals surface area contributed by atoms with E-state index in [1.54, 1.807) is 36.3 Å². The molecule has 226 valence electrons. The Morgan fingerprint density at radius 2 is 1.86 bits per heavy atom. The van der Waals surface area contributed by atoms with Crippen LogP contribution in [-0.2, 0) is 9.59 Å². The zero-order chi connectivity index (χ0) is 31.6. The maximum atomic E-state index is 15.1. The third kappa shape index (κ3) is 4.25. The Morgan fingerprint density at radius 3 is 2.55 bits per heavy atom. The highest BCUT2D eigenvalue weighted by atomic mass is 19.1. The van der Waals surface area contributed by atoms with Crippen molar-refractivity contribution in [2.24, 2.45) is 0 Å². The lowest BCUT2D eigenvalue weighted by molar-refractivity contribution is -0.130. The summed E-state index contributed by atoms with van der Waals surface area (Å²) in [6, 6.07) is 8.13. The van der Waals surface area contributed by atoms with Crippen molar-refractivity contribution in [3.63, 3.8) is 0 Å². The van der Waals surface area contributed by atoms with Gasteiger partial charge in [-0.2, -0.15) is 0 Å². The minimum atomic E-state index is -0.743. The Hall–Kier alpha value is -5.06. The van der Waals surface area contributed by atoms with E-state index < -0.39 is 17.4 Å².